The molecule has 0 aliphatic heterocycles. The number of ether oxygens (including phenoxy) is 2. The quantitative estimate of drug-likeness (QED) is 0.430. The molecule has 2 heterocycles. The lowest BCUT2D eigenvalue weighted by Gasteiger charge is -2.37. The number of benzene rings is 1. The van der Waals surface area contributed by atoms with Crippen LogP contribution in [0.4, 0.5) is 16.3 Å². The van der Waals surface area contributed by atoms with E-state index in [9.17, 15) is 9.59 Å². The van der Waals surface area contributed by atoms with Gasteiger partial charge < -0.3 is 20.5 Å². The summed E-state index contributed by atoms with van der Waals surface area (Å²) >= 11 is 0. The zero-order valence-corrected chi connectivity index (χ0v) is 21.6. The second-order valence-corrected chi connectivity index (χ2v) is 9.79. The van der Waals surface area contributed by atoms with E-state index in [1.54, 1.807) is 64.7 Å². The van der Waals surface area contributed by atoms with Crippen LogP contribution < -0.4 is 21.1 Å². The van der Waals surface area contributed by atoms with Crippen LogP contribution in [-0.2, 0) is 9.53 Å². The normalized spacial score (nSPS) is 19.0. The van der Waals surface area contributed by atoms with Crippen LogP contribution in [-0.4, -0.2) is 44.6 Å². The van der Waals surface area contributed by atoms with E-state index in [2.05, 4.69) is 20.6 Å². The number of carbonyl (C=O) groups excluding carboxylic acids is 2. The zero-order chi connectivity index (χ0) is 26.8. The van der Waals surface area contributed by atoms with Gasteiger partial charge in [-0.05, 0) is 39.3 Å². The molecule has 0 radical (unpaired) electrons. The standard InChI is InChI=1S/C27H32N6O4/c1-6-27(12-8-7-9-19(27)22(28)34)32-23-24-30-16-21(33(24)14-13-29-23)18-11-10-17(36-5)15-20(18)31-25(35)37-26(2,3)4/h7-16,19H,6H2,1-5H3,(H2,28,34)(H,29,32)(H,31,35). The van der Waals surface area contributed by atoms with E-state index in [4.69, 9.17) is 15.2 Å². The van der Waals surface area contributed by atoms with Gasteiger partial charge in [-0.3, -0.25) is 14.5 Å². The molecule has 0 spiro atoms. The molecular weight excluding hydrogens is 472 g/mol. The number of methoxy groups -OCH3 is 1. The highest BCUT2D eigenvalue weighted by molar-refractivity contribution is 5.92. The second kappa shape index (κ2) is 9.96. The van der Waals surface area contributed by atoms with E-state index in [1.807, 2.05) is 35.6 Å². The molecule has 1 aliphatic rings. The summed E-state index contributed by atoms with van der Waals surface area (Å²) in [6.07, 6.45) is 12.6. The third-order valence-corrected chi connectivity index (χ3v) is 6.17. The van der Waals surface area contributed by atoms with Crippen molar-refractivity contribution in [2.45, 2.75) is 45.3 Å². The fourth-order valence-corrected chi connectivity index (χ4v) is 4.39. The van der Waals surface area contributed by atoms with Crippen LogP contribution in [0.5, 0.6) is 5.75 Å². The number of imidazole rings is 1. The van der Waals surface area contributed by atoms with Crippen molar-refractivity contribution in [2.24, 2.45) is 11.7 Å². The number of nitrogens with one attached hydrogen (secondary N) is 2. The number of hydrogen-bond donors (Lipinski definition) is 3. The van der Waals surface area contributed by atoms with Gasteiger partial charge in [0, 0.05) is 24.0 Å². The maximum Gasteiger partial charge on any atom is 0.412 e. The maximum absolute atomic E-state index is 12.6. The highest BCUT2D eigenvalue weighted by Crippen LogP contribution is 2.36. The van der Waals surface area contributed by atoms with Crippen LogP contribution >= 0.6 is 0 Å². The number of primary amides is 1. The van der Waals surface area contributed by atoms with Crippen LogP contribution in [0.15, 0.2) is 61.1 Å². The summed E-state index contributed by atoms with van der Waals surface area (Å²) in [7, 11) is 1.56. The number of carbonyl (C=O) groups is 2. The molecule has 10 nitrogen and oxygen atoms in total. The van der Waals surface area contributed by atoms with Crippen molar-refractivity contribution in [3.8, 4) is 17.0 Å². The van der Waals surface area contributed by atoms with Crippen LogP contribution in [0, 0.1) is 5.92 Å². The van der Waals surface area contributed by atoms with Crippen LogP contribution in [0.25, 0.3) is 16.9 Å². The molecule has 2 unspecified atom stereocenters. The average Bonchev–Trinajstić information content (AvgIpc) is 3.28. The number of nitrogens with zero attached hydrogens (tertiary/aromatic N) is 3. The van der Waals surface area contributed by atoms with Crippen molar-refractivity contribution in [3.63, 3.8) is 0 Å². The van der Waals surface area contributed by atoms with Gasteiger partial charge in [0.1, 0.15) is 11.4 Å². The fraction of sp³-hybridized carbons (Fsp3) is 0.333. The Morgan fingerprint density at radius 1 is 1.22 bits per heavy atom. The van der Waals surface area contributed by atoms with E-state index >= 15 is 0 Å². The predicted molar refractivity (Wildman–Crippen MR) is 142 cm³/mol. The molecule has 4 N–H and O–H groups in total. The maximum atomic E-state index is 12.6. The average molecular weight is 505 g/mol. The number of allylic oxidation sites excluding steroid dienone is 2. The van der Waals surface area contributed by atoms with Gasteiger partial charge in [-0.1, -0.05) is 31.2 Å². The first-order valence-corrected chi connectivity index (χ1v) is 12.0. The van der Waals surface area contributed by atoms with Crippen molar-refractivity contribution in [1.29, 1.82) is 0 Å². The topological polar surface area (TPSA) is 133 Å². The van der Waals surface area contributed by atoms with Crippen molar-refractivity contribution in [2.75, 3.05) is 17.7 Å². The number of hydrogen-bond acceptors (Lipinski definition) is 7. The molecule has 37 heavy (non-hydrogen) atoms. The number of anilines is 2. The first-order valence-electron chi connectivity index (χ1n) is 12.0. The smallest absolute Gasteiger partial charge is 0.412 e. The Morgan fingerprint density at radius 2 is 2.00 bits per heavy atom. The Hall–Kier alpha value is -4.34. The zero-order valence-electron chi connectivity index (χ0n) is 21.6. The Balaban J connectivity index is 1.76. The van der Waals surface area contributed by atoms with E-state index in [0.717, 1.165) is 0 Å². The Morgan fingerprint density at radius 3 is 2.68 bits per heavy atom. The number of fused-ring (bicyclic) bond motifs is 1. The van der Waals surface area contributed by atoms with Gasteiger partial charge in [-0.2, -0.15) is 0 Å². The molecule has 10 heteroatoms. The summed E-state index contributed by atoms with van der Waals surface area (Å²) in [6.45, 7) is 7.38. The second-order valence-electron chi connectivity index (χ2n) is 9.79. The van der Waals surface area contributed by atoms with Gasteiger partial charge in [-0.25, -0.2) is 14.8 Å². The van der Waals surface area contributed by atoms with Gasteiger partial charge in [-0.15, -0.1) is 0 Å². The van der Waals surface area contributed by atoms with Crippen molar-refractivity contribution >= 4 is 29.2 Å². The molecule has 2 aromatic heterocycles. The minimum Gasteiger partial charge on any atom is -0.497 e. The lowest BCUT2D eigenvalue weighted by Crippen LogP contribution is -2.49. The molecule has 0 fully saturated rings. The molecule has 0 bridgehead atoms. The van der Waals surface area contributed by atoms with E-state index in [0.29, 0.717) is 40.6 Å². The predicted octanol–water partition coefficient (Wildman–Crippen LogP) is 4.54. The molecule has 0 saturated heterocycles. The Bertz CT molecular complexity index is 1390. The highest BCUT2D eigenvalue weighted by Gasteiger charge is 2.39. The molecule has 3 aromatic rings. The number of aromatic nitrogens is 3. The minimum absolute atomic E-state index is 0.429. The molecule has 1 aliphatic carbocycles. The van der Waals surface area contributed by atoms with E-state index < -0.39 is 29.1 Å². The third-order valence-electron chi connectivity index (χ3n) is 6.17. The van der Waals surface area contributed by atoms with Crippen LogP contribution in [0.1, 0.15) is 34.1 Å². The number of rotatable bonds is 7. The first-order chi connectivity index (χ1) is 17.6. The number of nitrogens with two attached hydrogens (primary N) is 1. The fourth-order valence-electron chi connectivity index (χ4n) is 4.39. The third kappa shape index (κ3) is 5.28. The monoisotopic (exact) mass is 504 g/mol. The summed E-state index contributed by atoms with van der Waals surface area (Å²) in [4.78, 5) is 34.0. The van der Waals surface area contributed by atoms with Crippen molar-refractivity contribution in [3.05, 3.63) is 61.1 Å². The highest BCUT2D eigenvalue weighted by atomic mass is 16.6. The summed E-state index contributed by atoms with van der Waals surface area (Å²) in [5.74, 6) is 0.0939. The van der Waals surface area contributed by atoms with E-state index in [-0.39, 0.29) is 0 Å². The molecule has 0 saturated carbocycles. The summed E-state index contributed by atoms with van der Waals surface area (Å²) in [5, 5.41) is 6.26. The van der Waals surface area contributed by atoms with Crippen LogP contribution in [0.2, 0.25) is 0 Å². The summed E-state index contributed by atoms with van der Waals surface area (Å²) in [6, 6.07) is 5.37. The van der Waals surface area contributed by atoms with Gasteiger partial charge in [0.05, 0.1) is 36.1 Å². The molecule has 194 valence electrons. The molecule has 2 amide bonds. The molecule has 4 rings (SSSR count). The van der Waals surface area contributed by atoms with E-state index in [1.165, 1.54) is 0 Å². The SMILES string of the molecule is CCC1(Nc2nccn3c(-c4ccc(OC)cc4NC(=O)OC(C)(C)C)cnc23)C=CC=CC1C(N)=O. The van der Waals surface area contributed by atoms with Gasteiger partial charge >= 0.3 is 6.09 Å². The lowest BCUT2D eigenvalue weighted by molar-refractivity contribution is -0.121. The van der Waals surface area contributed by atoms with Gasteiger partial charge in [0.2, 0.25) is 5.91 Å². The van der Waals surface area contributed by atoms with Crippen molar-refractivity contribution < 1.29 is 19.1 Å². The van der Waals surface area contributed by atoms with Crippen LogP contribution in [0.3, 0.4) is 0 Å². The summed E-state index contributed by atoms with van der Waals surface area (Å²) in [5.41, 5.74) is 6.80. The Kier molecular flexibility index (Phi) is 6.93. The van der Waals surface area contributed by atoms with Gasteiger partial charge in [0.25, 0.3) is 0 Å². The lowest BCUT2D eigenvalue weighted by atomic mass is 9.78. The van der Waals surface area contributed by atoms with Gasteiger partial charge in [0.15, 0.2) is 11.5 Å². The number of amides is 2. The first kappa shape index (κ1) is 25.7. The molecular formula is C27H32N6O4. The molecule has 2 atom stereocenters. The minimum atomic E-state index is -0.745. The van der Waals surface area contributed by atoms with Crippen molar-refractivity contribution in [1.82, 2.24) is 14.4 Å². The summed E-state index contributed by atoms with van der Waals surface area (Å²) < 4.78 is 12.7. The Labute approximate surface area is 215 Å². The largest absolute Gasteiger partial charge is 0.497 e. The molecule has 1 aromatic carbocycles.